The largest absolute Gasteiger partial charge is 0.508 e. The lowest BCUT2D eigenvalue weighted by Crippen LogP contribution is -2.38. The Balaban J connectivity index is 1.51. The van der Waals surface area contributed by atoms with Gasteiger partial charge in [0.2, 0.25) is 0 Å². The summed E-state index contributed by atoms with van der Waals surface area (Å²) in [7, 11) is 0. The summed E-state index contributed by atoms with van der Waals surface area (Å²) in [5.41, 5.74) is 2.34. The van der Waals surface area contributed by atoms with Crippen molar-refractivity contribution in [1.82, 2.24) is 9.88 Å². The number of aromatic nitrogens is 1. The van der Waals surface area contributed by atoms with Gasteiger partial charge in [-0.25, -0.2) is 4.98 Å². The van der Waals surface area contributed by atoms with Crippen LogP contribution >= 0.6 is 0 Å². The Morgan fingerprint density at radius 2 is 2.00 bits per heavy atom. The Morgan fingerprint density at radius 3 is 2.72 bits per heavy atom. The van der Waals surface area contributed by atoms with Crippen molar-refractivity contribution >= 4 is 5.91 Å². The fraction of sp³-hybridized carbons (Fsp3) is 0.333. The van der Waals surface area contributed by atoms with Gasteiger partial charge in [0.1, 0.15) is 11.4 Å². The average molecular weight is 334 g/mol. The monoisotopic (exact) mass is 334 g/mol. The van der Waals surface area contributed by atoms with E-state index in [1.807, 2.05) is 30.0 Å². The van der Waals surface area contributed by atoms with Crippen LogP contribution in [0.15, 0.2) is 42.5 Å². The fourth-order valence-electron chi connectivity index (χ4n) is 3.06. The lowest BCUT2D eigenvalue weighted by Gasteiger charge is -2.31. The number of carbonyl (C=O) groups excluding carboxylic acids is 1. The van der Waals surface area contributed by atoms with Gasteiger partial charge in [-0.1, -0.05) is 18.1 Å². The molecule has 1 N–H and O–H groups in total. The van der Waals surface area contributed by atoms with Crippen molar-refractivity contribution in [2.24, 2.45) is 5.92 Å². The maximum Gasteiger partial charge on any atom is 0.253 e. The minimum absolute atomic E-state index is 0.00982. The molecule has 0 unspecified atom stereocenters. The number of phenolic OH excluding ortho intramolecular Hbond substituents is 1. The van der Waals surface area contributed by atoms with Crippen molar-refractivity contribution in [2.45, 2.75) is 26.2 Å². The number of likely N-dealkylation sites (tertiary alicyclic amines) is 1. The molecule has 0 spiro atoms. The summed E-state index contributed by atoms with van der Waals surface area (Å²) in [6, 6.07) is 12.4. The van der Waals surface area contributed by atoms with E-state index in [0.29, 0.717) is 11.5 Å². The van der Waals surface area contributed by atoms with Gasteiger partial charge >= 0.3 is 0 Å². The minimum atomic E-state index is -0.00982. The second-order valence-corrected chi connectivity index (χ2v) is 6.46. The van der Waals surface area contributed by atoms with E-state index >= 15 is 0 Å². The number of nitrogens with zero attached hydrogens (tertiary/aromatic N) is 2. The molecule has 3 rings (SSSR count). The van der Waals surface area contributed by atoms with E-state index in [1.165, 1.54) is 6.07 Å². The molecule has 2 heterocycles. The molecule has 1 aromatic heterocycles. The Kier molecular flexibility index (Phi) is 5.35. The number of hydrogen-bond donors (Lipinski definition) is 1. The standard InChI is InChI=1S/C21H22N2O2/c1-16-5-2-8-19(22-16)9-3-6-17-11-13-23(14-12-17)21(25)18-7-4-10-20(24)15-18/h2,4-5,7-8,10,15,17,24H,6,11-14H2,1H3. The zero-order valence-electron chi connectivity index (χ0n) is 14.4. The number of benzene rings is 1. The first kappa shape index (κ1) is 17.0. The van der Waals surface area contributed by atoms with Gasteiger partial charge in [-0.2, -0.15) is 0 Å². The van der Waals surface area contributed by atoms with E-state index in [4.69, 9.17) is 0 Å². The van der Waals surface area contributed by atoms with E-state index in [1.54, 1.807) is 18.2 Å². The number of pyridine rings is 1. The quantitative estimate of drug-likeness (QED) is 0.857. The summed E-state index contributed by atoms with van der Waals surface area (Å²) in [5, 5.41) is 9.52. The topological polar surface area (TPSA) is 53.4 Å². The van der Waals surface area contributed by atoms with Gasteiger partial charge in [-0.15, -0.1) is 0 Å². The van der Waals surface area contributed by atoms with Crippen LogP contribution in [0, 0.1) is 24.7 Å². The third-order valence-corrected chi connectivity index (χ3v) is 4.49. The van der Waals surface area contributed by atoms with Crippen molar-refractivity contribution < 1.29 is 9.90 Å². The highest BCUT2D eigenvalue weighted by molar-refractivity contribution is 5.94. The highest BCUT2D eigenvalue weighted by Gasteiger charge is 2.23. The second-order valence-electron chi connectivity index (χ2n) is 6.46. The minimum Gasteiger partial charge on any atom is -0.508 e. The molecule has 1 aromatic carbocycles. The van der Waals surface area contributed by atoms with Crippen LogP contribution in [0.4, 0.5) is 0 Å². The molecule has 25 heavy (non-hydrogen) atoms. The maximum absolute atomic E-state index is 12.5. The molecule has 128 valence electrons. The number of piperidine rings is 1. The summed E-state index contributed by atoms with van der Waals surface area (Å²) < 4.78 is 0. The van der Waals surface area contributed by atoms with Crippen molar-refractivity contribution in [3.8, 4) is 17.6 Å². The number of amides is 1. The van der Waals surface area contributed by atoms with Crippen molar-refractivity contribution in [3.05, 3.63) is 59.4 Å². The molecule has 1 fully saturated rings. The molecule has 1 aliphatic heterocycles. The van der Waals surface area contributed by atoms with E-state index < -0.39 is 0 Å². The molecule has 1 saturated heterocycles. The summed E-state index contributed by atoms with van der Waals surface area (Å²) in [6.45, 7) is 3.44. The van der Waals surface area contributed by atoms with Crippen molar-refractivity contribution in [2.75, 3.05) is 13.1 Å². The van der Waals surface area contributed by atoms with Gasteiger partial charge in [0, 0.05) is 30.8 Å². The highest BCUT2D eigenvalue weighted by Crippen LogP contribution is 2.22. The number of rotatable bonds is 2. The first-order valence-electron chi connectivity index (χ1n) is 8.62. The molecule has 1 aliphatic rings. The molecule has 2 aromatic rings. The predicted octanol–water partition coefficient (Wildman–Crippen LogP) is 3.39. The lowest BCUT2D eigenvalue weighted by atomic mass is 9.93. The normalized spacial score (nSPS) is 14.7. The number of aryl methyl sites for hydroxylation is 1. The van der Waals surface area contributed by atoms with E-state index in [9.17, 15) is 9.90 Å². The van der Waals surface area contributed by atoms with E-state index in [2.05, 4.69) is 16.8 Å². The van der Waals surface area contributed by atoms with Gasteiger partial charge in [-0.05, 0) is 61.9 Å². The van der Waals surface area contributed by atoms with E-state index in [-0.39, 0.29) is 11.7 Å². The summed E-state index contributed by atoms with van der Waals surface area (Å²) in [6.07, 6.45) is 2.75. The Hall–Kier alpha value is -2.80. The molecule has 0 atom stereocenters. The zero-order chi connectivity index (χ0) is 17.6. The Labute approximate surface area is 148 Å². The summed E-state index contributed by atoms with van der Waals surface area (Å²) >= 11 is 0. The van der Waals surface area contributed by atoms with Gasteiger partial charge in [0.05, 0.1) is 0 Å². The zero-order valence-corrected chi connectivity index (χ0v) is 14.4. The van der Waals surface area contributed by atoms with Crippen LogP contribution in [0.5, 0.6) is 5.75 Å². The maximum atomic E-state index is 12.5. The molecule has 4 nitrogen and oxygen atoms in total. The van der Waals surface area contributed by atoms with Crippen LogP contribution in [-0.4, -0.2) is 34.0 Å². The van der Waals surface area contributed by atoms with Crippen LogP contribution in [0.25, 0.3) is 0 Å². The summed E-state index contributed by atoms with van der Waals surface area (Å²) in [4.78, 5) is 18.7. The van der Waals surface area contributed by atoms with Crippen LogP contribution in [-0.2, 0) is 0 Å². The molecular weight excluding hydrogens is 312 g/mol. The predicted molar refractivity (Wildman–Crippen MR) is 97.2 cm³/mol. The number of hydrogen-bond acceptors (Lipinski definition) is 3. The number of aromatic hydroxyl groups is 1. The molecule has 0 saturated carbocycles. The Bertz CT molecular complexity index is 812. The van der Waals surface area contributed by atoms with Crippen LogP contribution in [0.1, 0.15) is 41.0 Å². The lowest BCUT2D eigenvalue weighted by molar-refractivity contribution is 0.0692. The molecule has 4 heteroatoms. The number of carbonyl (C=O) groups is 1. The summed E-state index contributed by atoms with van der Waals surface area (Å²) in [5.74, 6) is 7.00. The second kappa shape index (κ2) is 7.85. The molecule has 1 amide bonds. The van der Waals surface area contributed by atoms with Gasteiger partial charge < -0.3 is 10.0 Å². The smallest absolute Gasteiger partial charge is 0.253 e. The Morgan fingerprint density at radius 1 is 1.24 bits per heavy atom. The molecule has 0 bridgehead atoms. The van der Waals surface area contributed by atoms with Crippen LogP contribution in [0.3, 0.4) is 0 Å². The highest BCUT2D eigenvalue weighted by atomic mass is 16.3. The van der Waals surface area contributed by atoms with Gasteiger partial charge in [0.15, 0.2) is 0 Å². The third kappa shape index (κ3) is 4.60. The van der Waals surface area contributed by atoms with Crippen molar-refractivity contribution in [1.29, 1.82) is 0 Å². The number of phenols is 1. The average Bonchev–Trinajstić information content (AvgIpc) is 2.62. The van der Waals surface area contributed by atoms with Crippen LogP contribution < -0.4 is 0 Å². The molecule has 0 aliphatic carbocycles. The SMILES string of the molecule is Cc1cccc(C#CCC2CCN(C(=O)c3cccc(O)c3)CC2)n1. The van der Waals surface area contributed by atoms with E-state index in [0.717, 1.165) is 43.7 Å². The van der Waals surface area contributed by atoms with Gasteiger partial charge in [0.25, 0.3) is 5.91 Å². The van der Waals surface area contributed by atoms with Crippen molar-refractivity contribution in [3.63, 3.8) is 0 Å². The fourth-order valence-corrected chi connectivity index (χ4v) is 3.06. The first-order chi connectivity index (χ1) is 12.1. The molecular formula is C21H22N2O2. The molecule has 0 radical (unpaired) electrons. The van der Waals surface area contributed by atoms with Gasteiger partial charge in [-0.3, -0.25) is 4.79 Å². The van der Waals surface area contributed by atoms with Crippen LogP contribution in [0.2, 0.25) is 0 Å². The first-order valence-corrected chi connectivity index (χ1v) is 8.62. The third-order valence-electron chi connectivity index (χ3n) is 4.49.